The SMILES string of the molecule is CN(C(=O)NCc1cccc(F)c1Cl)[C@H](COC(=O)NNc1cc2cc(F)ccc2cn1)CC(F)(F)CN. The number of amides is 3. The average Bonchev–Trinajstić information content (AvgIpc) is 2.89. The Balaban J connectivity index is 1.59. The van der Waals surface area contributed by atoms with Gasteiger partial charge in [-0.3, -0.25) is 5.43 Å². The second-order valence-electron chi connectivity index (χ2n) is 8.31. The van der Waals surface area contributed by atoms with Gasteiger partial charge in [-0.05, 0) is 41.3 Å². The fourth-order valence-electron chi connectivity index (χ4n) is 3.39. The Morgan fingerprint density at radius 1 is 1.18 bits per heavy atom. The molecule has 2 aromatic carbocycles. The van der Waals surface area contributed by atoms with Gasteiger partial charge in [0, 0.05) is 31.6 Å². The van der Waals surface area contributed by atoms with E-state index in [9.17, 15) is 27.2 Å². The van der Waals surface area contributed by atoms with Crippen molar-refractivity contribution in [2.75, 3.05) is 25.6 Å². The number of carbonyl (C=O) groups is 2. The van der Waals surface area contributed by atoms with Crippen LogP contribution in [0.3, 0.4) is 0 Å². The number of hydrogen-bond donors (Lipinski definition) is 4. The maximum absolute atomic E-state index is 14.1. The number of hydrazine groups is 1. The van der Waals surface area contributed by atoms with Crippen LogP contribution in [0.25, 0.3) is 10.8 Å². The molecular weight excluding hydrogens is 532 g/mol. The number of anilines is 1. The molecule has 1 aromatic heterocycles. The van der Waals surface area contributed by atoms with Crippen molar-refractivity contribution in [3.63, 3.8) is 0 Å². The first kappa shape index (κ1) is 28.7. The predicted molar refractivity (Wildman–Crippen MR) is 134 cm³/mol. The lowest BCUT2D eigenvalue weighted by Crippen LogP contribution is -2.49. The molecule has 3 rings (SSSR count). The van der Waals surface area contributed by atoms with Crippen molar-refractivity contribution >= 4 is 40.3 Å². The second-order valence-corrected chi connectivity index (χ2v) is 8.69. The van der Waals surface area contributed by atoms with Crippen molar-refractivity contribution in [2.24, 2.45) is 5.73 Å². The number of pyridine rings is 1. The molecule has 0 fully saturated rings. The zero-order chi connectivity index (χ0) is 27.9. The molecule has 0 aliphatic carbocycles. The number of aromatic nitrogens is 1. The zero-order valence-electron chi connectivity index (χ0n) is 20.1. The number of fused-ring (bicyclic) bond motifs is 1. The molecular formula is C24H25ClF4N6O3. The topological polar surface area (TPSA) is 122 Å². The Bertz CT molecular complexity index is 1300. The van der Waals surface area contributed by atoms with Gasteiger partial charge in [-0.1, -0.05) is 23.7 Å². The first-order chi connectivity index (χ1) is 18.0. The lowest BCUT2D eigenvalue weighted by molar-refractivity contribution is -0.0266. The highest BCUT2D eigenvalue weighted by Gasteiger charge is 2.35. The van der Waals surface area contributed by atoms with E-state index < -0.39 is 55.3 Å². The van der Waals surface area contributed by atoms with Crippen LogP contribution in [0.15, 0.2) is 48.7 Å². The molecule has 0 aliphatic heterocycles. The molecule has 38 heavy (non-hydrogen) atoms. The van der Waals surface area contributed by atoms with Crippen LogP contribution < -0.4 is 21.9 Å². The molecule has 0 unspecified atom stereocenters. The van der Waals surface area contributed by atoms with Crippen LogP contribution in [0.2, 0.25) is 5.02 Å². The number of urea groups is 1. The van der Waals surface area contributed by atoms with Crippen LogP contribution in [0, 0.1) is 11.6 Å². The standard InChI is InChI=1S/C24H25ClF4N6O3/c1-35(22(36)32-11-15-3-2-4-19(27)21(15)25)18(9-24(28,29)13-30)12-38-23(37)34-33-20-8-16-7-17(26)6-5-14(16)10-31-20/h2-8,10,18H,9,11-13,30H2,1H3,(H,31,33)(H,32,36)(H,34,37)/t18-/m0/s1. The highest BCUT2D eigenvalue weighted by molar-refractivity contribution is 6.31. The minimum atomic E-state index is -3.35. The van der Waals surface area contributed by atoms with E-state index in [1.807, 2.05) is 0 Å². The number of alkyl halides is 2. The number of nitrogens with zero attached hydrogens (tertiary/aromatic N) is 2. The Hall–Kier alpha value is -3.84. The summed E-state index contributed by atoms with van der Waals surface area (Å²) in [4.78, 5) is 29.8. The van der Waals surface area contributed by atoms with Crippen LogP contribution in [0.4, 0.5) is 33.0 Å². The van der Waals surface area contributed by atoms with Gasteiger partial charge in [-0.25, -0.2) is 37.6 Å². The molecule has 0 spiro atoms. The smallest absolute Gasteiger partial charge is 0.426 e. The largest absolute Gasteiger partial charge is 0.446 e. The Morgan fingerprint density at radius 3 is 2.68 bits per heavy atom. The van der Waals surface area contributed by atoms with Crippen LogP contribution in [0.1, 0.15) is 12.0 Å². The van der Waals surface area contributed by atoms with E-state index in [0.717, 1.165) is 11.0 Å². The van der Waals surface area contributed by atoms with Gasteiger partial charge >= 0.3 is 12.1 Å². The van der Waals surface area contributed by atoms with Crippen molar-refractivity contribution < 1.29 is 31.9 Å². The molecule has 3 amide bonds. The normalized spacial score (nSPS) is 12.1. The van der Waals surface area contributed by atoms with Crippen LogP contribution in [-0.2, 0) is 11.3 Å². The quantitative estimate of drug-likeness (QED) is 0.217. The van der Waals surface area contributed by atoms with Gasteiger partial charge in [0.15, 0.2) is 0 Å². The number of halogens is 5. The third-order valence-corrected chi connectivity index (χ3v) is 5.97. The fraction of sp³-hybridized carbons (Fsp3) is 0.292. The average molecular weight is 557 g/mol. The van der Waals surface area contributed by atoms with Gasteiger partial charge in [-0.15, -0.1) is 0 Å². The summed E-state index contributed by atoms with van der Waals surface area (Å²) in [5.41, 5.74) is 10.1. The number of likely N-dealkylation sites (N-methyl/N-ethyl adjacent to an activating group) is 1. The van der Waals surface area contributed by atoms with Crippen molar-refractivity contribution in [1.29, 1.82) is 0 Å². The molecule has 0 aliphatic rings. The minimum absolute atomic E-state index is 0.166. The van der Waals surface area contributed by atoms with E-state index in [1.165, 1.54) is 43.6 Å². The Kier molecular flexibility index (Phi) is 9.53. The summed E-state index contributed by atoms with van der Waals surface area (Å²) in [7, 11) is 1.23. The lowest BCUT2D eigenvalue weighted by Gasteiger charge is -2.30. The van der Waals surface area contributed by atoms with Gasteiger partial charge in [0.25, 0.3) is 5.92 Å². The summed E-state index contributed by atoms with van der Waals surface area (Å²) < 4.78 is 60.2. The molecule has 9 nitrogen and oxygen atoms in total. The summed E-state index contributed by atoms with van der Waals surface area (Å²) in [5, 5.41) is 3.47. The summed E-state index contributed by atoms with van der Waals surface area (Å²) >= 11 is 5.87. The molecule has 1 atom stereocenters. The first-order valence-electron chi connectivity index (χ1n) is 11.2. The van der Waals surface area contributed by atoms with Crippen molar-refractivity contribution in [2.45, 2.75) is 24.9 Å². The van der Waals surface area contributed by atoms with Gasteiger partial charge in [-0.2, -0.15) is 0 Å². The highest BCUT2D eigenvalue weighted by atomic mass is 35.5. The molecule has 204 valence electrons. The Morgan fingerprint density at radius 2 is 1.95 bits per heavy atom. The molecule has 3 aromatic rings. The number of ether oxygens (including phenoxy) is 1. The third kappa shape index (κ3) is 7.83. The lowest BCUT2D eigenvalue weighted by atomic mass is 10.1. The molecule has 0 bridgehead atoms. The second kappa shape index (κ2) is 12.6. The van der Waals surface area contributed by atoms with Crippen molar-refractivity contribution in [1.82, 2.24) is 20.6 Å². The van der Waals surface area contributed by atoms with Crippen LogP contribution >= 0.6 is 11.6 Å². The number of nitrogens with two attached hydrogens (primary N) is 1. The number of nitrogens with one attached hydrogen (secondary N) is 3. The first-order valence-corrected chi connectivity index (χ1v) is 11.6. The highest BCUT2D eigenvalue weighted by Crippen LogP contribution is 2.23. The number of hydrogen-bond acceptors (Lipinski definition) is 6. The molecule has 1 heterocycles. The molecule has 5 N–H and O–H groups in total. The summed E-state index contributed by atoms with van der Waals surface area (Å²) in [5.74, 6) is -4.31. The molecule has 0 saturated heterocycles. The van der Waals surface area contributed by atoms with E-state index in [1.54, 1.807) is 6.07 Å². The van der Waals surface area contributed by atoms with E-state index in [2.05, 4.69) is 21.2 Å². The van der Waals surface area contributed by atoms with Gasteiger partial charge < -0.3 is 20.7 Å². The Labute approximate surface area is 220 Å². The maximum atomic E-state index is 14.1. The fourth-order valence-corrected chi connectivity index (χ4v) is 3.58. The van der Waals surface area contributed by atoms with Gasteiger partial charge in [0.1, 0.15) is 24.1 Å². The van der Waals surface area contributed by atoms with E-state index in [0.29, 0.717) is 10.8 Å². The van der Waals surface area contributed by atoms with Crippen LogP contribution in [0.5, 0.6) is 0 Å². The minimum Gasteiger partial charge on any atom is -0.446 e. The van der Waals surface area contributed by atoms with E-state index in [-0.39, 0.29) is 22.9 Å². The number of benzene rings is 2. The predicted octanol–water partition coefficient (Wildman–Crippen LogP) is 4.41. The van der Waals surface area contributed by atoms with Crippen molar-refractivity contribution in [3.05, 3.63) is 70.9 Å². The molecule has 0 radical (unpaired) electrons. The third-order valence-electron chi connectivity index (χ3n) is 5.55. The van der Waals surface area contributed by atoms with Gasteiger partial charge in [0.2, 0.25) is 0 Å². The summed E-state index contributed by atoms with van der Waals surface area (Å²) in [6.07, 6.45) is -0.487. The summed E-state index contributed by atoms with van der Waals surface area (Å²) in [6.45, 7) is -1.77. The number of carbonyl (C=O) groups excluding carboxylic acids is 2. The van der Waals surface area contributed by atoms with Crippen molar-refractivity contribution in [3.8, 4) is 0 Å². The van der Waals surface area contributed by atoms with Crippen LogP contribution in [-0.4, -0.2) is 54.2 Å². The molecule has 0 saturated carbocycles. The molecule has 14 heteroatoms. The number of rotatable bonds is 10. The van der Waals surface area contributed by atoms with Gasteiger partial charge in [0.05, 0.1) is 17.6 Å². The summed E-state index contributed by atoms with van der Waals surface area (Å²) in [6, 6.07) is 7.57. The zero-order valence-corrected chi connectivity index (χ0v) is 20.9. The maximum Gasteiger partial charge on any atom is 0.426 e. The monoisotopic (exact) mass is 556 g/mol. The van der Waals surface area contributed by atoms with E-state index >= 15 is 0 Å². The van der Waals surface area contributed by atoms with E-state index in [4.69, 9.17) is 22.1 Å².